The largest absolute Gasteiger partial charge is 0.497 e. The molecule has 6 heteroatoms. The molecule has 0 radical (unpaired) electrons. The standard InChI is InChI=1S/C18H17FN2O3/c1-23-12-5-7-13(8-6-12)24-10-9-20-18(22)17-11-14-15(19)3-2-4-16(14)21-17/h2-8,11,21H,9-10H2,1H3,(H,20,22). The Hall–Kier alpha value is -3.02. The van der Waals surface area contributed by atoms with Crippen molar-refractivity contribution in [2.45, 2.75) is 0 Å². The van der Waals surface area contributed by atoms with E-state index in [2.05, 4.69) is 10.3 Å². The van der Waals surface area contributed by atoms with E-state index in [1.165, 1.54) is 12.1 Å². The van der Waals surface area contributed by atoms with Crippen LogP contribution in [0.25, 0.3) is 10.9 Å². The van der Waals surface area contributed by atoms with Crippen LogP contribution in [-0.2, 0) is 0 Å². The SMILES string of the molecule is COc1ccc(OCCNC(=O)c2cc3c(F)cccc3[nH]2)cc1. The van der Waals surface area contributed by atoms with Crippen molar-refractivity contribution in [3.8, 4) is 11.5 Å². The Morgan fingerprint density at radius 2 is 1.92 bits per heavy atom. The predicted molar refractivity (Wildman–Crippen MR) is 89.1 cm³/mol. The molecule has 124 valence electrons. The Balaban J connectivity index is 1.52. The lowest BCUT2D eigenvalue weighted by atomic mass is 10.2. The molecule has 0 aliphatic rings. The second kappa shape index (κ2) is 7.04. The van der Waals surface area contributed by atoms with Crippen molar-refractivity contribution in [1.82, 2.24) is 10.3 Å². The van der Waals surface area contributed by atoms with Crippen LogP contribution >= 0.6 is 0 Å². The molecule has 0 aliphatic heterocycles. The number of benzene rings is 2. The van der Waals surface area contributed by atoms with Gasteiger partial charge in [0.05, 0.1) is 13.7 Å². The fourth-order valence-corrected chi connectivity index (χ4v) is 2.34. The first-order chi connectivity index (χ1) is 11.7. The molecule has 3 aromatic rings. The average Bonchev–Trinajstić information content (AvgIpc) is 3.05. The quantitative estimate of drug-likeness (QED) is 0.683. The van der Waals surface area contributed by atoms with Gasteiger partial charge in [0.2, 0.25) is 0 Å². The highest BCUT2D eigenvalue weighted by Gasteiger charge is 2.11. The summed E-state index contributed by atoms with van der Waals surface area (Å²) in [5.74, 6) is 0.786. The molecule has 0 fully saturated rings. The molecule has 0 bridgehead atoms. The van der Waals surface area contributed by atoms with Gasteiger partial charge in [0.15, 0.2) is 0 Å². The number of amides is 1. The van der Waals surface area contributed by atoms with Gasteiger partial charge in [-0.2, -0.15) is 0 Å². The van der Waals surface area contributed by atoms with Crippen LogP contribution in [0.4, 0.5) is 4.39 Å². The highest BCUT2D eigenvalue weighted by molar-refractivity contribution is 5.98. The van der Waals surface area contributed by atoms with E-state index >= 15 is 0 Å². The average molecular weight is 328 g/mol. The molecule has 2 N–H and O–H groups in total. The fraction of sp³-hybridized carbons (Fsp3) is 0.167. The van der Waals surface area contributed by atoms with Crippen molar-refractivity contribution in [2.75, 3.05) is 20.3 Å². The molecule has 2 aromatic carbocycles. The number of halogens is 1. The predicted octanol–water partition coefficient (Wildman–Crippen LogP) is 3.12. The lowest BCUT2D eigenvalue weighted by molar-refractivity contribution is 0.0943. The second-order valence-electron chi connectivity index (χ2n) is 5.16. The van der Waals surface area contributed by atoms with E-state index in [1.54, 1.807) is 43.5 Å². The monoisotopic (exact) mass is 328 g/mol. The lowest BCUT2D eigenvalue weighted by Crippen LogP contribution is -2.28. The summed E-state index contributed by atoms with van der Waals surface area (Å²) in [6, 6.07) is 13.4. The maximum absolute atomic E-state index is 13.6. The molecule has 0 aliphatic carbocycles. The number of aromatic nitrogens is 1. The number of rotatable bonds is 6. The fourth-order valence-electron chi connectivity index (χ4n) is 2.34. The van der Waals surface area contributed by atoms with Crippen LogP contribution in [-0.4, -0.2) is 31.2 Å². The number of carbonyl (C=O) groups excluding carboxylic acids is 1. The number of ether oxygens (including phenoxy) is 2. The molecule has 5 nitrogen and oxygen atoms in total. The van der Waals surface area contributed by atoms with Crippen LogP contribution in [0.15, 0.2) is 48.5 Å². The summed E-state index contributed by atoms with van der Waals surface area (Å²) in [7, 11) is 1.60. The smallest absolute Gasteiger partial charge is 0.267 e. The molecule has 0 saturated carbocycles. The van der Waals surface area contributed by atoms with Crippen LogP contribution in [0.1, 0.15) is 10.5 Å². The van der Waals surface area contributed by atoms with Gasteiger partial charge in [-0.1, -0.05) is 6.07 Å². The first-order valence-corrected chi connectivity index (χ1v) is 7.49. The number of methoxy groups -OCH3 is 1. The minimum absolute atomic E-state index is 0.302. The zero-order valence-electron chi connectivity index (χ0n) is 13.1. The summed E-state index contributed by atoms with van der Waals surface area (Å²) in [6.45, 7) is 0.662. The third-order valence-corrected chi connectivity index (χ3v) is 3.57. The van der Waals surface area contributed by atoms with E-state index in [0.717, 1.165) is 5.75 Å². The molecule has 1 heterocycles. The van der Waals surface area contributed by atoms with Gasteiger partial charge in [-0.05, 0) is 42.5 Å². The molecule has 0 unspecified atom stereocenters. The van der Waals surface area contributed by atoms with Gasteiger partial charge in [-0.3, -0.25) is 4.79 Å². The Morgan fingerprint density at radius 3 is 2.62 bits per heavy atom. The first kappa shape index (κ1) is 15.9. The van der Waals surface area contributed by atoms with E-state index in [0.29, 0.717) is 35.5 Å². The Labute approximate surface area is 138 Å². The van der Waals surface area contributed by atoms with Gasteiger partial charge in [0.25, 0.3) is 5.91 Å². The second-order valence-corrected chi connectivity index (χ2v) is 5.16. The number of fused-ring (bicyclic) bond motifs is 1. The third kappa shape index (κ3) is 3.48. The van der Waals surface area contributed by atoms with Crippen molar-refractivity contribution in [3.63, 3.8) is 0 Å². The van der Waals surface area contributed by atoms with Gasteiger partial charge in [-0.25, -0.2) is 4.39 Å². The minimum Gasteiger partial charge on any atom is -0.497 e. The molecular weight excluding hydrogens is 311 g/mol. The molecule has 1 amide bonds. The highest BCUT2D eigenvalue weighted by atomic mass is 19.1. The van der Waals surface area contributed by atoms with Crippen LogP contribution in [0.2, 0.25) is 0 Å². The van der Waals surface area contributed by atoms with E-state index in [4.69, 9.17) is 9.47 Å². The zero-order chi connectivity index (χ0) is 16.9. The molecular formula is C18H17FN2O3. The number of hydrogen-bond acceptors (Lipinski definition) is 3. The van der Waals surface area contributed by atoms with Crippen molar-refractivity contribution >= 4 is 16.8 Å². The van der Waals surface area contributed by atoms with E-state index in [9.17, 15) is 9.18 Å². The number of carbonyl (C=O) groups is 1. The maximum atomic E-state index is 13.6. The van der Waals surface area contributed by atoms with Crippen molar-refractivity contribution in [2.24, 2.45) is 0 Å². The molecule has 3 rings (SSSR count). The normalized spacial score (nSPS) is 10.6. The zero-order valence-corrected chi connectivity index (χ0v) is 13.1. The Kier molecular flexibility index (Phi) is 4.65. The Morgan fingerprint density at radius 1 is 1.17 bits per heavy atom. The third-order valence-electron chi connectivity index (χ3n) is 3.57. The molecule has 0 spiro atoms. The summed E-state index contributed by atoms with van der Waals surface area (Å²) in [4.78, 5) is 15.0. The van der Waals surface area contributed by atoms with Gasteiger partial charge in [0.1, 0.15) is 29.6 Å². The van der Waals surface area contributed by atoms with Crippen LogP contribution < -0.4 is 14.8 Å². The maximum Gasteiger partial charge on any atom is 0.267 e. The minimum atomic E-state index is -0.356. The first-order valence-electron chi connectivity index (χ1n) is 7.49. The highest BCUT2D eigenvalue weighted by Crippen LogP contribution is 2.19. The number of hydrogen-bond donors (Lipinski definition) is 2. The van der Waals surface area contributed by atoms with Crippen molar-refractivity contribution in [3.05, 3.63) is 60.0 Å². The van der Waals surface area contributed by atoms with Gasteiger partial charge in [0, 0.05) is 10.9 Å². The summed E-state index contributed by atoms with van der Waals surface area (Å²) in [5, 5.41) is 3.13. The molecule has 0 saturated heterocycles. The van der Waals surface area contributed by atoms with Crippen LogP contribution in [0.3, 0.4) is 0 Å². The molecule has 24 heavy (non-hydrogen) atoms. The van der Waals surface area contributed by atoms with Gasteiger partial charge in [-0.15, -0.1) is 0 Å². The summed E-state index contributed by atoms with van der Waals surface area (Å²) < 4.78 is 24.2. The Bertz CT molecular complexity index is 843. The van der Waals surface area contributed by atoms with Gasteiger partial charge < -0.3 is 19.8 Å². The van der Waals surface area contributed by atoms with E-state index in [-0.39, 0.29) is 11.7 Å². The number of H-pyrrole nitrogens is 1. The molecule has 0 atom stereocenters. The van der Waals surface area contributed by atoms with Gasteiger partial charge >= 0.3 is 0 Å². The number of nitrogens with one attached hydrogen (secondary N) is 2. The molecule has 1 aromatic heterocycles. The summed E-state index contributed by atoms with van der Waals surface area (Å²) in [6.07, 6.45) is 0. The van der Waals surface area contributed by atoms with Crippen LogP contribution in [0, 0.1) is 5.82 Å². The van der Waals surface area contributed by atoms with E-state index < -0.39 is 0 Å². The topological polar surface area (TPSA) is 63.4 Å². The number of aromatic amines is 1. The van der Waals surface area contributed by atoms with E-state index in [1.807, 2.05) is 0 Å². The summed E-state index contributed by atoms with van der Waals surface area (Å²) in [5.41, 5.74) is 0.911. The summed E-state index contributed by atoms with van der Waals surface area (Å²) >= 11 is 0. The lowest BCUT2D eigenvalue weighted by Gasteiger charge is -2.07. The van der Waals surface area contributed by atoms with Crippen LogP contribution in [0.5, 0.6) is 11.5 Å². The van der Waals surface area contributed by atoms with Crippen molar-refractivity contribution < 1.29 is 18.7 Å². The van der Waals surface area contributed by atoms with Crippen molar-refractivity contribution in [1.29, 1.82) is 0 Å².